The van der Waals surface area contributed by atoms with Crippen LogP contribution in [-0.4, -0.2) is 68.8 Å². The summed E-state index contributed by atoms with van der Waals surface area (Å²) in [6, 6.07) is 1.33. The fourth-order valence-electron chi connectivity index (χ4n) is 2.49. The fourth-order valence-corrected chi connectivity index (χ4v) is 2.49. The van der Waals surface area contributed by atoms with Crippen LogP contribution >= 0.6 is 0 Å². The van der Waals surface area contributed by atoms with E-state index in [-0.39, 0.29) is 25.1 Å². The van der Waals surface area contributed by atoms with Gasteiger partial charge in [-0.1, -0.05) is 0 Å². The standard InChI is InChI=1S/C15H21N3O8/c1-25-11(21)4-2-3-10(20)16-9-5-6-18(15(24)17-9)14-13(23)12(22)8(7-19)26-14/h5-6,8,12-14,19,22-23H,2-4,7H2,1H3,(H,16,17,20,24)/t8-,12-,13+,14-/m1/s1. The molecule has 1 aliphatic heterocycles. The van der Waals surface area contributed by atoms with E-state index in [1.807, 2.05) is 0 Å². The van der Waals surface area contributed by atoms with Gasteiger partial charge in [-0.25, -0.2) is 4.79 Å². The molecule has 4 atom stereocenters. The Morgan fingerprint density at radius 3 is 2.65 bits per heavy atom. The maximum Gasteiger partial charge on any atom is 0.351 e. The lowest BCUT2D eigenvalue weighted by Crippen LogP contribution is -2.36. The van der Waals surface area contributed by atoms with Crippen molar-refractivity contribution in [3.8, 4) is 0 Å². The van der Waals surface area contributed by atoms with Crippen molar-refractivity contribution in [2.75, 3.05) is 19.0 Å². The van der Waals surface area contributed by atoms with Crippen molar-refractivity contribution < 1.29 is 34.4 Å². The molecule has 144 valence electrons. The molecule has 0 aromatic carbocycles. The van der Waals surface area contributed by atoms with Crippen LogP contribution in [0.3, 0.4) is 0 Å². The lowest BCUT2D eigenvalue weighted by Gasteiger charge is -2.17. The molecule has 0 radical (unpaired) electrons. The number of aromatic nitrogens is 2. The number of aliphatic hydroxyl groups excluding tert-OH is 3. The lowest BCUT2D eigenvalue weighted by atomic mass is 10.1. The Hall–Kier alpha value is -2.34. The quantitative estimate of drug-likeness (QED) is 0.403. The predicted molar refractivity (Wildman–Crippen MR) is 86.0 cm³/mol. The first-order valence-corrected chi connectivity index (χ1v) is 7.95. The Labute approximate surface area is 148 Å². The van der Waals surface area contributed by atoms with E-state index in [4.69, 9.17) is 9.84 Å². The molecule has 0 spiro atoms. The normalized spacial score (nSPS) is 25.1. The fraction of sp³-hybridized carbons (Fsp3) is 0.600. The highest BCUT2D eigenvalue weighted by Gasteiger charge is 2.43. The smallest absolute Gasteiger partial charge is 0.351 e. The van der Waals surface area contributed by atoms with Crippen molar-refractivity contribution in [2.45, 2.75) is 43.8 Å². The van der Waals surface area contributed by atoms with Crippen LogP contribution in [0.2, 0.25) is 0 Å². The summed E-state index contributed by atoms with van der Waals surface area (Å²) in [5.41, 5.74) is -0.813. The first kappa shape index (κ1) is 20.0. The average molecular weight is 371 g/mol. The molecule has 26 heavy (non-hydrogen) atoms. The van der Waals surface area contributed by atoms with Crippen LogP contribution in [0.5, 0.6) is 0 Å². The zero-order chi connectivity index (χ0) is 19.3. The second-order valence-electron chi connectivity index (χ2n) is 5.71. The van der Waals surface area contributed by atoms with Crippen molar-refractivity contribution in [1.29, 1.82) is 0 Å². The Kier molecular flexibility index (Phi) is 6.80. The first-order valence-electron chi connectivity index (χ1n) is 7.95. The maximum absolute atomic E-state index is 12.1. The van der Waals surface area contributed by atoms with Crippen molar-refractivity contribution in [1.82, 2.24) is 9.55 Å². The van der Waals surface area contributed by atoms with Crippen molar-refractivity contribution in [3.05, 3.63) is 22.7 Å². The Morgan fingerprint density at radius 2 is 2.08 bits per heavy atom. The highest BCUT2D eigenvalue weighted by molar-refractivity contribution is 5.89. The van der Waals surface area contributed by atoms with Gasteiger partial charge in [0.2, 0.25) is 5.91 Å². The van der Waals surface area contributed by atoms with Crippen LogP contribution in [0.1, 0.15) is 25.5 Å². The minimum Gasteiger partial charge on any atom is -0.469 e. The minimum atomic E-state index is -1.41. The van der Waals surface area contributed by atoms with E-state index in [0.29, 0.717) is 0 Å². The molecule has 0 unspecified atom stereocenters. The molecule has 1 amide bonds. The molecular weight excluding hydrogens is 350 g/mol. The minimum absolute atomic E-state index is 0.000983. The zero-order valence-corrected chi connectivity index (χ0v) is 14.1. The number of amides is 1. The number of carbonyl (C=O) groups is 2. The summed E-state index contributed by atoms with van der Waals surface area (Å²) in [5, 5.41) is 31.2. The van der Waals surface area contributed by atoms with Gasteiger partial charge in [0.05, 0.1) is 13.7 Å². The van der Waals surface area contributed by atoms with Gasteiger partial charge >= 0.3 is 11.7 Å². The van der Waals surface area contributed by atoms with Crippen LogP contribution in [0, 0.1) is 0 Å². The summed E-state index contributed by atoms with van der Waals surface area (Å²) in [7, 11) is 1.26. The van der Waals surface area contributed by atoms with Crippen LogP contribution in [0.25, 0.3) is 0 Å². The summed E-state index contributed by atoms with van der Waals surface area (Å²) < 4.78 is 10.7. The number of hydrogen-bond acceptors (Lipinski definition) is 9. The number of carbonyl (C=O) groups excluding carboxylic acids is 2. The van der Waals surface area contributed by atoms with E-state index < -0.39 is 48.7 Å². The van der Waals surface area contributed by atoms with Gasteiger partial charge in [0.1, 0.15) is 24.1 Å². The van der Waals surface area contributed by atoms with Crippen molar-refractivity contribution in [2.24, 2.45) is 0 Å². The Morgan fingerprint density at radius 1 is 1.35 bits per heavy atom. The van der Waals surface area contributed by atoms with Gasteiger partial charge in [-0.05, 0) is 12.5 Å². The van der Waals surface area contributed by atoms with Gasteiger partial charge in [0.25, 0.3) is 0 Å². The summed E-state index contributed by atoms with van der Waals surface area (Å²) in [5.74, 6) is -0.843. The number of aliphatic hydroxyl groups is 3. The molecule has 1 aromatic rings. The van der Waals surface area contributed by atoms with E-state index in [2.05, 4.69) is 15.0 Å². The zero-order valence-electron chi connectivity index (χ0n) is 14.1. The van der Waals surface area contributed by atoms with Crippen molar-refractivity contribution >= 4 is 17.7 Å². The summed E-state index contributed by atoms with van der Waals surface area (Å²) in [4.78, 5) is 38.5. The Bertz CT molecular complexity index is 706. The van der Waals surface area contributed by atoms with Gasteiger partial charge in [-0.3, -0.25) is 14.2 Å². The predicted octanol–water partition coefficient (Wildman–Crippen LogP) is -1.86. The number of nitrogens with one attached hydrogen (secondary N) is 1. The molecule has 4 N–H and O–H groups in total. The van der Waals surface area contributed by atoms with E-state index in [0.717, 1.165) is 4.57 Å². The van der Waals surface area contributed by atoms with E-state index in [9.17, 15) is 24.6 Å². The molecule has 0 aliphatic carbocycles. The number of nitrogens with zero attached hydrogens (tertiary/aromatic N) is 2. The lowest BCUT2D eigenvalue weighted by molar-refractivity contribution is -0.140. The number of anilines is 1. The van der Waals surface area contributed by atoms with Crippen molar-refractivity contribution in [3.63, 3.8) is 0 Å². The summed E-state index contributed by atoms with van der Waals surface area (Å²) in [6.45, 7) is -0.517. The van der Waals surface area contributed by atoms with Crippen LogP contribution < -0.4 is 11.0 Å². The highest BCUT2D eigenvalue weighted by atomic mass is 16.6. The van der Waals surface area contributed by atoms with Crippen LogP contribution in [-0.2, 0) is 19.1 Å². The molecule has 2 heterocycles. The third kappa shape index (κ3) is 4.64. The number of methoxy groups -OCH3 is 1. The highest BCUT2D eigenvalue weighted by Crippen LogP contribution is 2.28. The molecule has 2 rings (SSSR count). The third-order valence-corrected chi connectivity index (χ3v) is 3.90. The van der Waals surface area contributed by atoms with E-state index in [1.165, 1.54) is 19.4 Å². The van der Waals surface area contributed by atoms with Gasteiger partial charge < -0.3 is 30.1 Å². The molecule has 11 heteroatoms. The molecule has 0 bridgehead atoms. The summed E-state index contributed by atoms with van der Waals surface area (Å²) in [6.07, 6.45) is -3.28. The first-order chi connectivity index (χ1) is 12.4. The molecule has 1 aliphatic rings. The molecule has 11 nitrogen and oxygen atoms in total. The van der Waals surface area contributed by atoms with Crippen LogP contribution in [0.4, 0.5) is 5.82 Å². The van der Waals surface area contributed by atoms with Gasteiger partial charge in [0.15, 0.2) is 6.23 Å². The number of hydrogen-bond donors (Lipinski definition) is 4. The second kappa shape index (κ2) is 8.85. The average Bonchev–Trinajstić information content (AvgIpc) is 2.89. The van der Waals surface area contributed by atoms with Gasteiger partial charge in [-0.15, -0.1) is 0 Å². The molecule has 0 saturated carbocycles. The third-order valence-electron chi connectivity index (χ3n) is 3.90. The van der Waals surface area contributed by atoms with Crippen LogP contribution in [0.15, 0.2) is 17.1 Å². The number of rotatable bonds is 7. The number of ether oxygens (including phenoxy) is 2. The largest absolute Gasteiger partial charge is 0.469 e. The van der Waals surface area contributed by atoms with Gasteiger partial charge in [-0.2, -0.15) is 4.98 Å². The maximum atomic E-state index is 12.1. The molecule has 1 aromatic heterocycles. The molecule has 1 fully saturated rings. The van der Waals surface area contributed by atoms with E-state index in [1.54, 1.807) is 0 Å². The number of esters is 1. The molecule has 1 saturated heterocycles. The second-order valence-corrected chi connectivity index (χ2v) is 5.71. The monoisotopic (exact) mass is 371 g/mol. The van der Waals surface area contributed by atoms with E-state index >= 15 is 0 Å². The molecular formula is C15H21N3O8. The topological polar surface area (TPSA) is 160 Å². The van der Waals surface area contributed by atoms with Gasteiger partial charge in [0, 0.05) is 19.0 Å². The summed E-state index contributed by atoms with van der Waals surface area (Å²) >= 11 is 0. The SMILES string of the molecule is COC(=O)CCCC(=O)Nc1ccn([C@@H]2O[C@H](CO)[C@@H](O)[C@@H]2O)c(=O)n1. The Balaban J connectivity index is 1.98.